The topological polar surface area (TPSA) is 72.2 Å². The van der Waals surface area contributed by atoms with Crippen molar-refractivity contribution in [3.63, 3.8) is 0 Å². The number of benzene rings is 2. The van der Waals surface area contributed by atoms with Crippen molar-refractivity contribution in [2.75, 3.05) is 0 Å². The summed E-state index contributed by atoms with van der Waals surface area (Å²) in [4.78, 5) is 22.5. The number of nitro benzene ring substituents is 1. The first-order valence-electron chi connectivity index (χ1n) is 8.21. The molecule has 0 spiro atoms. The second-order valence-corrected chi connectivity index (χ2v) is 6.00. The van der Waals surface area contributed by atoms with E-state index in [-0.39, 0.29) is 17.6 Å². The van der Waals surface area contributed by atoms with Crippen LogP contribution in [0.25, 0.3) is 6.08 Å². The standard InChI is InChI=1S/C20H22N2O3/c1-4-19(17-10-8-14(2)15(3)12-17)21-20(23)11-9-16-6-5-7-18(13-16)22(24)25/h5-13,19H,4H2,1-3H3,(H,21,23)/b11-9+. The Kier molecular flexibility index (Phi) is 6.06. The van der Waals surface area contributed by atoms with Crippen LogP contribution >= 0.6 is 0 Å². The van der Waals surface area contributed by atoms with Gasteiger partial charge in [-0.2, -0.15) is 0 Å². The fraction of sp³-hybridized carbons (Fsp3) is 0.250. The summed E-state index contributed by atoms with van der Waals surface area (Å²) in [6.45, 7) is 6.13. The Balaban J connectivity index is 2.08. The van der Waals surface area contributed by atoms with E-state index in [1.807, 2.05) is 13.0 Å². The van der Waals surface area contributed by atoms with Crippen LogP contribution in [-0.2, 0) is 4.79 Å². The largest absolute Gasteiger partial charge is 0.346 e. The molecule has 1 amide bonds. The number of hydrogen-bond donors (Lipinski definition) is 1. The monoisotopic (exact) mass is 338 g/mol. The van der Waals surface area contributed by atoms with Crippen LogP contribution in [0.4, 0.5) is 5.69 Å². The lowest BCUT2D eigenvalue weighted by atomic mass is 9.99. The third kappa shape index (κ3) is 5.01. The minimum absolute atomic E-state index is 0.00382. The van der Waals surface area contributed by atoms with Crippen LogP contribution in [0.3, 0.4) is 0 Å². The van der Waals surface area contributed by atoms with Crippen molar-refractivity contribution in [2.45, 2.75) is 33.2 Å². The molecule has 1 unspecified atom stereocenters. The quantitative estimate of drug-likeness (QED) is 0.479. The van der Waals surface area contributed by atoms with E-state index < -0.39 is 4.92 Å². The number of nitrogens with one attached hydrogen (secondary N) is 1. The Morgan fingerprint density at radius 2 is 1.96 bits per heavy atom. The summed E-state index contributed by atoms with van der Waals surface area (Å²) in [6.07, 6.45) is 3.76. The van der Waals surface area contributed by atoms with Crippen LogP contribution < -0.4 is 5.32 Å². The van der Waals surface area contributed by atoms with Crippen LogP contribution in [0.1, 0.15) is 41.6 Å². The predicted octanol–water partition coefficient (Wildman–Crippen LogP) is 4.49. The van der Waals surface area contributed by atoms with Gasteiger partial charge in [0.05, 0.1) is 11.0 Å². The SMILES string of the molecule is CCC(NC(=O)/C=C/c1cccc([N+](=O)[O-])c1)c1ccc(C)c(C)c1. The van der Waals surface area contributed by atoms with Gasteiger partial charge in [-0.3, -0.25) is 14.9 Å². The van der Waals surface area contributed by atoms with Crippen LogP contribution in [0, 0.1) is 24.0 Å². The maximum absolute atomic E-state index is 12.2. The zero-order valence-corrected chi connectivity index (χ0v) is 14.7. The number of non-ortho nitro benzene ring substituents is 1. The smallest absolute Gasteiger partial charge is 0.270 e. The molecule has 0 aliphatic rings. The van der Waals surface area contributed by atoms with Crippen molar-refractivity contribution < 1.29 is 9.72 Å². The fourth-order valence-corrected chi connectivity index (χ4v) is 2.54. The minimum atomic E-state index is -0.454. The third-order valence-corrected chi connectivity index (χ3v) is 4.17. The number of carbonyl (C=O) groups is 1. The fourth-order valence-electron chi connectivity index (χ4n) is 2.54. The van der Waals surface area contributed by atoms with Gasteiger partial charge in [0, 0.05) is 18.2 Å². The highest BCUT2D eigenvalue weighted by Gasteiger charge is 2.12. The van der Waals surface area contributed by atoms with Crippen LogP contribution in [-0.4, -0.2) is 10.8 Å². The van der Waals surface area contributed by atoms with Crippen molar-refractivity contribution in [3.8, 4) is 0 Å². The highest BCUT2D eigenvalue weighted by molar-refractivity contribution is 5.92. The Hall–Kier alpha value is -2.95. The molecule has 2 rings (SSSR count). The highest BCUT2D eigenvalue weighted by atomic mass is 16.6. The van der Waals surface area contributed by atoms with Crippen molar-refractivity contribution in [2.24, 2.45) is 0 Å². The second kappa shape index (κ2) is 8.24. The van der Waals surface area contributed by atoms with Crippen molar-refractivity contribution in [1.29, 1.82) is 0 Å². The van der Waals surface area contributed by atoms with E-state index in [1.54, 1.807) is 18.2 Å². The molecule has 2 aromatic carbocycles. The summed E-state index contributed by atoms with van der Waals surface area (Å²) >= 11 is 0. The molecule has 0 saturated heterocycles. The minimum Gasteiger partial charge on any atom is -0.346 e. The third-order valence-electron chi connectivity index (χ3n) is 4.17. The average molecular weight is 338 g/mol. The van der Waals surface area contributed by atoms with Crippen molar-refractivity contribution in [1.82, 2.24) is 5.32 Å². The van der Waals surface area contributed by atoms with Gasteiger partial charge in [0.15, 0.2) is 0 Å². The molecule has 0 aliphatic heterocycles. The summed E-state index contributed by atoms with van der Waals surface area (Å²) in [5.41, 5.74) is 4.10. The van der Waals surface area contributed by atoms with Gasteiger partial charge in [0.25, 0.3) is 5.69 Å². The van der Waals surface area contributed by atoms with Gasteiger partial charge in [0.2, 0.25) is 5.91 Å². The first kappa shape index (κ1) is 18.4. The Labute approximate surface area is 147 Å². The van der Waals surface area contributed by atoms with E-state index in [1.165, 1.54) is 29.3 Å². The van der Waals surface area contributed by atoms with Crippen LogP contribution in [0.2, 0.25) is 0 Å². The number of nitrogens with zero attached hydrogens (tertiary/aromatic N) is 1. The molecule has 5 heteroatoms. The lowest BCUT2D eigenvalue weighted by Gasteiger charge is -2.17. The van der Waals surface area contributed by atoms with Crippen LogP contribution in [0.5, 0.6) is 0 Å². The van der Waals surface area contributed by atoms with E-state index >= 15 is 0 Å². The Morgan fingerprint density at radius 3 is 2.60 bits per heavy atom. The van der Waals surface area contributed by atoms with Crippen LogP contribution in [0.15, 0.2) is 48.5 Å². The molecular formula is C20H22N2O3. The molecule has 0 aliphatic carbocycles. The predicted molar refractivity (Wildman–Crippen MR) is 99.2 cm³/mol. The van der Waals surface area contributed by atoms with Gasteiger partial charge in [-0.15, -0.1) is 0 Å². The van der Waals surface area contributed by atoms with Gasteiger partial charge in [-0.25, -0.2) is 0 Å². The Morgan fingerprint density at radius 1 is 1.20 bits per heavy atom. The van der Waals surface area contributed by atoms with Crippen molar-refractivity contribution in [3.05, 3.63) is 80.9 Å². The lowest BCUT2D eigenvalue weighted by molar-refractivity contribution is -0.384. The first-order valence-corrected chi connectivity index (χ1v) is 8.21. The molecule has 0 fully saturated rings. The molecule has 0 aromatic heterocycles. The first-order chi connectivity index (χ1) is 11.9. The molecule has 0 bridgehead atoms. The molecule has 0 saturated carbocycles. The van der Waals surface area contributed by atoms with E-state index in [9.17, 15) is 14.9 Å². The molecule has 25 heavy (non-hydrogen) atoms. The molecule has 130 valence electrons. The van der Waals surface area contributed by atoms with Gasteiger partial charge in [-0.05, 0) is 48.6 Å². The van der Waals surface area contributed by atoms with E-state index in [0.29, 0.717) is 5.56 Å². The Bertz CT molecular complexity index is 812. The normalized spacial score (nSPS) is 12.1. The zero-order chi connectivity index (χ0) is 18.4. The zero-order valence-electron chi connectivity index (χ0n) is 14.7. The summed E-state index contributed by atoms with van der Waals surface area (Å²) < 4.78 is 0. The molecular weight excluding hydrogens is 316 g/mol. The summed E-state index contributed by atoms with van der Waals surface area (Å²) in [7, 11) is 0. The molecule has 1 N–H and O–H groups in total. The molecule has 0 radical (unpaired) electrons. The maximum atomic E-state index is 12.2. The van der Waals surface area contributed by atoms with E-state index in [0.717, 1.165) is 12.0 Å². The number of aryl methyl sites for hydroxylation is 2. The van der Waals surface area contributed by atoms with Crippen molar-refractivity contribution >= 4 is 17.7 Å². The van der Waals surface area contributed by atoms with Gasteiger partial charge < -0.3 is 5.32 Å². The number of hydrogen-bond acceptors (Lipinski definition) is 3. The number of nitro groups is 1. The summed E-state index contributed by atoms with van der Waals surface area (Å²) in [5, 5.41) is 13.8. The number of rotatable bonds is 6. The maximum Gasteiger partial charge on any atom is 0.270 e. The van der Waals surface area contributed by atoms with Gasteiger partial charge >= 0.3 is 0 Å². The second-order valence-electron chi connectivity index (χ2n) is 6.00. The number of carbonyl (C=O) groups excluding carboxylic acids is 1. The highest BCUT2D eigenvalue weighted by Crippen LogP contribution is 2.20. The van der Waals surface area contributed by atoms with Gasteiger partial charge in [-0.1, -0.05) is 37.3 Å². The molecule has 2 aromatic rings. The van der Waals surface area contributed by atoms with Gasteiger partial charge in [0.1, 0.15) is 0 Å². The lowest BCUT2D eigenvalue weighted by Crippen LogP contribution is -2.26. The summed E-state index contributed by atoms with van der Waals surface area (Å²) in [5.74, 6) is -0.225. The summed E-state index contributed by atoms with van der Waals surface area (Å²) in [6, 6.07) is 12.3. The van der Waals surface area contributed by atoms with E-state index in [2.05, 4.69) is 31.3 Å². The molecule has 1 atom stereocenters. The molecule has 5 nitrogen and oxygen atoms in total. The number of amides is 1. The molecule has 0 heterocycles. The average Bonchev–Trinajstić information content (AvgIpc) is 2.60. The van der Waals surface area contributed by atoms with E-state index in [4.69, 9.17) is 0 Å².